The Kier molecular flexibility index (Phi) is 6.67. The van der Waals surface area contributed by atoms with Crippen molar-refractivity contribution in [1.29, 1.82) is 0 Å². The van der Waals surface area contributed by atoms with Gasteiger partial charge in [-0.15, -0.1) is 0 Å². The van der Waals surface area contributed by atoms with E-state index in [-0.39, 0.29) is 0 Å². The fourth-order valence-corrected chi connectivity index (χ4v) is 5.21. The molecule has 0 aliphatic heterocycles. The predicted octanol–water partition coefficient (Wildman–Crippen LogP) is 6.15. The molecule has 0 saturated carbocycles. The largest absolute Gasteiger partial charge is 0.520 e. The van der Waals surface area contributed by atoms with Gasteiger partial charge in [-0.05, 0) is 42.3 Å². The summed E-state index contributed by atoms with van der Waals surface area (Å²) in [6.45, 7) is 9.73. The number of rotatable bonds is 9. The highest BCUT2D eigenvalue weighted by atomic mass is 28.4. The van der Waals surface area contributed by atoms with Gasteiger partial charge in [0.15, 0.2) is 0 Å². The van der Waals surface area contributed by atoms with E-state index in [1.165, 1.54) is 17.2 Å². The Morgan fingerprint density at radius 3 is 2.35 bits per heavy atom. The third kappa shape index (κ3) is 4.82. The van der Waals surface area contributed by atoms with Crippen molar-refractivity contribution in [3.8, 4) is 5.75 Å². The molecular weight excluding hydrogens is 300 g/mol. The van der Waals surface area contributed by atoms with Gasteiger partial charge < -0.3 is 8.85 Å². The van der Waals surface area contributed by atoms with Gasteiger partial charge in [-0.25, -0.2) is 0 Å². The van der Waals surface area contributed by atoms with Crippen LogP contribution >= 0.6 is 0 Å². The van der Waals surface area contributed by atoms with E-state index < -0.39 is 8.56 Å². The summed E-state index contributed by atoms with van der Waals surface area (Å²) in [6, 6.07) is 16.6. The molecule has 0 bridgehead atoms. The van der Waals surface area contributed by atoms with E-state index in [0.717, 1.165) is 36.8 Å². The van der Waals surface area contributed by atoms with E-state index in [9.17, 15) is 0 Å². The van der Waals surface area contributed by atoms with Crippen molar-refractivity contribution in [2.75, 3.05) is 6.61 Å². The first kappa shape index (κ1) is 18.0. The summed E-state index contributed by atoms with van der Waals surface area (Å²) in [5, 5.41) is 2.40. The van der Waals surface area contributed by atoms with Crippen molar-refractivity contribution in [1.82, 2.24) is 0 Å². The van der Waals surface area contributed by atoms with Crippen molar-refractivity contribution in [2.45, 2.75) is 52.6 Å². The number of benzene rings is 2. The zero-order valence-electron chi connectivity index (χ0n) is 15.0. The summed E-state index contributed by atoms with van der Waals surface area (Å²) in [6.07, 6.45) is 2.33. The van der Waals surface area contributed by atoms with Gasteiger partial charge in [0, 0.05) is 12.0 Å². The summed E-state index contributed by atoms with van der Waals surface area (Å²) in [4.78, 5) is 0. The van der Waals surface area contributed by atoms with Gasteiger partial charge in [0.2, 0.25) is 0 Å². The zero-order chi connectivity index (χ0) is 16.7. The molecule has 0 aliphatic rings. The molecule has 0 atom stereocenters. The highest BCUT2D eigenvalue weighted by Crippen LogP contribution is 2.30. The fraction of sp³-hybridized carbons (Fsp3) is 0.500. The third-order valence-electron chi connectivity index (χ3n) is 4.41. The molecule has 2 aromatic rings. The average molecular weight is 331 g/mol. The molecule has 2 rings (SSSR count). The van der Waals surface area contributed by atoms with Crippen molar-refractivity contribution in [3.63, 3.8) is 0 Å². The first-order valence-electron chi connectivity index (χ1n) is 8.91. The Hall–Kier alpha value is -1.32. The second kappa shape index (κ2) is 8.51. The topological polar surface area (TPSA) is 18.5 Å². The van der Waals surface area contributed by atoms with Crippen LogP contribution in [-0.4, -0.2) is 15.2 Å². The lowest BCUT2D eigenvalue weighted by atomic mass is 10.1. The second-order valence-electron chi connectivity index (χ2n) is 6.58. The van der Waals surface area contributed by atoms with Crippen LogP contribution < -0.4 is 4.43 Å². The standard InChI is InChI=1S/C20H30O2Si/c1-5-23(6-2,21-16-10-11-17(3)4)22-20-15-9-13-18-12-7-8-14-19(18)20/h7-9,12-15,17H,5-6,10-11,16H2,1-4H3. The Balaban J connectivity index is 2.14. The molecule has 0 saturated heterocycles. The normalized spacial score (nSPS) is 12.0. The molecule has 0 fully saturated rings. The lowest BCUT2D eigenvalue weighted by Gasteiger charge is -2.30. The molecule has 0 aliphatic carbocycles. The molecule has 2 aromatic carbocycles. The molecule has 0 aromatic heterocycles. The summed E-state index contributed by atoms with van der Waals surface area (Å²) in [7, 11) is -2.17. The molecule has 3 heteroatoms. The number of hydrogen-bond acceptors (Lipinski definition) is 2. The van der Waals surface area contributed by atoms with Crippen molar-refractivity contribution >= 4 is 19.3 Å². The smallest absolute Gasteiger partial charge is 0.398 e. The third-order valence-corrected chi connectivity index (χ3v) is 7.89. The summed E-state index contributed by atoms with van der Waals surface area (Å²) in [5.41, 5.74) is 0. The van der Waals surface area contributed by atoms with Crippen LogP contribution in [0.4, 0.5) is 0 Å². The highest BCUT2D eigenvalue weighted by Gasteiger charge is 2.36. The van der Waals surface area contributed by atoms with Gasteiger partial charge in [0.05, 0.1) is 0 Å². The Labute approximate surface area is 142 Å². The van der Waals surface area contributed by atoms with Crippen LogP contribution in [0.5, 0.6) is 5.75 Å². The Bertz CT molecular complexity index is 600. The van der Waals surface area contributed by atoms with E-state index in [0.29, 0.717) is 0 Å². The Morgan fingerprint density at radius 1 is 0.957 bits per heavy atom. The molecule has 23 heavy (non-hydrogen) atoms. The molecule has 0 N–H and O–H groups in total. The minimum absolute atomic E-state index is 0.733. The zero-order valence-corrected chi connectivity index (χ0v) is 16.0. The monoisotopic (exact) mass is 330 g/mol. The molecule has 126 valence electrons. The van der Waals surface area contributed by atoms with Gasteiger partial charge in [0.1, 0.15) is 5.75 Å². The van der Waals surface area contributed by atoms with Crippen molar-refractivity contribution in [2.24, 2.45) is 5.92 Å². The van der Waals surface area contributed by atoms with Crippen LogP contribution in [0.15, 0.2) is 42.5 Å². The van der Waals surface area contributed by atoms with E-state index in [1.54, 1.807) is 0 Å². The average Bonchev–Trinajstić information content (AvgIpc) is 2.58. The van der Waals surface area contributed by atoms with E-state index in [4.69, 9.17) is 8.85 Å². The van der Waals surface area contributed by atoms with Gasteiger partial charge in [-0.3, -0.25) is 0 Å². The summed E-state index contributed by atoms with van der Waals surface area (Å²) in [5.74, 6) is 1.71. The molecule has 0 heterocycles. The first-order chi connectivity index (χ1) is 11.1. The number of hydrogen-bond donors (Lipinski definition) is 0. The maximum absolute atomic E-state index is 6.54. The van der Waals surface area contributed by atoms with E-state index >= 15 is 0 Å². The van der Waals surface area contributed by atoms with E-state index in [2.05, 4.69) is 70.2 Å². The fourth-order valence-electron chi connectivity index (χ4n) is 2.86. The molecule has 0 unspecified atom stereocenters. The van der Waals surface area contributed by atoms with E-state index in [1.807, 2.05) is 0 Å². The van der Waals surface area contributed by atoms with Crippen molar-refractivity contribution < 1.29 is 8.85 Å². The van der Waals surface area contributed by atoms with Crippen LogP contribution in [0.25, 0.3) is 10.8 Å². The minimum Gasteiger partial charge on any atom is -0.520 e. The predicted molar refractivity (Wildman–Crippen MR) is 101 cm³/mol. The van der Waals surface area contributed by atoms with Gasteiger partial charge >= 0.3 is 8.56 Å². The van der Waals surface area contributed by atoms with Crippen LogP contribution in [0.3, 0.4) is 0 Å². The van der Waals surface area contributed by atoms with Crippen LogP contribution in [0.1, 0.15) is 40.5 Å². The Morgan fingerprint density at radius 2 is 1.65 bits per heavy atom. The molecule has 0 radical (unpaired) electrons. The molecule has 2 nitrogen and oxygen atoms in total. The van der Waals surface area contributed by atoms with Gasteiger partial charge in [-0.1, -0.05) is 64.1 Å². The number of fused-ring (bicyclic) bond motifs is 1. The van der Waals surface area contributed by atoms with Crippen LogP contribution in [0.2, 0.25) is 12.1 Å². The summed E-state index contributed by atoms with van der Waals surface area (Å²) >= 11 is 0. The van der Waals surface area contributed by atoms with Crippen LogP contribution in [0, 0.1) is 5.92 Å². The lowest BCUT2D eigenvalue weighted by Crippen LogP contribution is -2.44. The highest BCUT2D eigenvalue weighted by molar-refractivity contribution is 6.68. The van der Waals surface area contributed by atoms with Crippen LogP contribution in [-0.2, 0) is 4.43 Å². The first-order valence-corrected chi connectivity index (χ1v) is 11.1. The maximum Gasteiger partial charge on any atom is 0.398 e. The SMILES string of the molecule is CC[Si](CC)(OCCCC(C)C)Oc1cccc2ccccc12. The summed E-state index contributed by atoms with van der Waals surface area (Å²) < 4.78 is 12.9. The molecule has 0 spiro atoms. The quantitative estimate of drug-likeness (QED) is 0.405. The van der Waals surface area contributed by atoms with Gasteiger partial charge in [0.25, 0.3) is 0 Å². The second-order valence-corrected chi connectivity index (χ2v) is 10.3. The molecular formula is C20H30O2Si. The maximum atomic E-state index is 6.54. The van der Waals surface area contributed by atoms with Gasteiger partial charge in [-0.2, -0.15) is 0 Å². The lowest BCUT2D eigenvalue weighted by molar-refractivity contribution is 0.228. The minimum atomic E-state index is -2.17. The molecule has 0 amide bonds. The van der Waals surface area contributed by atoms with Crippen molar-refractivity contribution in [3.05, 3.63) is 42.5 Å².